The van der Waals surface area contributed by atoms with Crippen LogP contribution in [0, 0.1) is 0 Å². The molecule has 22 heavy (non-hydrogen) atoms. The summed E-state index contributed by atoms with van der Waals surface area (Å²) < 4.78 is 4.65. The Hall–Kier alpha value is -2.62. The van der Waals surface area contributed by atoms with Crippen molar-refractivity contribution in [3.8, 4) is 0 Å². The van der Waals surface area contributed by atoms with Crippen molar-refractivity contribution in [1.29, 1.82) is 0 Å². The average molecular weight is 297 g/mol. The number of hydrogen-bond donors (Lipinski definition) is 1. The molecule has 0 saturated carbocycles. The smallest absolute Gasteiger partial charge is 0.328 e. The molecule has 2 aromatic carbocycles. The molecule has 2 aromatic rings. The van der Waals surface area contributed by atoms with Crippen molar-refractivity contribution in [2.45, 2.75) is 18.9 Å². The van der Waals surface area contributed by atoms with Crippen LogP contribution in [-0.4, -0.2) is 25.0 Å². The maximum atomic E-state index is 12.7. The number of benzene rings is 2. The molecule has 0 radical (unpaired) electrons. The molecule has 2 rings (SSSR count). The monoisotopic (exact) mass is 297 g/mol. The second kappa shape index (κ2) is 7.41. The first kappa shape index (κ1) is 15.8. The van der Waals surface area contributed by atoms with Crippen LogP contribution < -0.4 is 5.32 Å². The van der Waals surface area contributed by atoms with Crippen molar-refractivity contribution in [2.24, 2.45) is 0 Å². The SMILES string of the molecule is COC(=O)C(C)NC(=O)C(c1ccccc1)c1ccccc1. The molecule has 0 spiro atoms. The van der Waals surface area contributed by atoms with E-state index in [0.29, 0.717) is 0 Å². The predicted molar refractivity (Wildman–Crippen MR) is 84.3 cm³/mol. The Morgan fingerprint density at radius 1 is 0.909 bits per heavy atom. The summed E-state index contributed by atoms with van der Waals surface area (Å²) in [6.45, 7) is 1.61. The molecule has 4 nitrogen and oxygen atoms in total. The number of hydrogen-bond acceptors (Lipinski definition) is 3. The Bertz CT molecular complexity index is 586. The fourth-order valence-corrected chi connectivity index (χ4v) is 2.32. The maximum absolute atomic E-state index is 12.7. The third-order valence-corrected chi connectivity index (χ3v) is 3.44. The van der Waals surface area contributed by atoms with Crippen molar-refractivity contribution >= 4 is 11.9 Å². The molecular weight excluding hydrogens is 278 g/mol. The van der Waals surface area contributed by atoms with E-state index in [9.17, 15) is 9.59 Å². The van der Waals surface area contributed by atoms with E-state index in [1.54, 1.807) is 6.92 Å². The van der Waals surface area contributed by atoms with E-state index in [1.165, 1.54) is 7.11 Å². The van der Waals surface area contributed by atoms with Gasteiger partial charge in [-0.25, -0.2) is 4.79 Å². The summed E-state index contributed by atoms with van der Waals surface area (Å²) in [5, 5.41) is 2.71. The largest absolute Gasteiger partial charge is 0.467 e. The van der Waals surface area contributed by atoms with Gasteiger partial charge in [-0.3, -0.25) is 4.79 Å². The van der Waals surface area contributed by atoms with Crippen LogP contribution in [0.15, 0.2) is 60.7 Å². The van der Waals surface area contributed by atoms with Gasteiger partial charge < -0.3 is 10.1 Å². The zero-order chi connectivity index (χ0) is 15.9. The Labute approximate surface area is 130 Å². The molecule has 1 amide bonds. The summed E-state index contributed by atoms with van der Waals surface area (Å²) in [4.78, 5) is 24.2. The zero-order valence-corrected chi connectivity index (χ0v) is 12.7. The Morgan fingerprint density at radius 3 is 1.77 bits per heavy atom. The molecule has 1 N–H and O–H groups in total. The molecule has 0 saturated heterocycles. The molecule has 1 atom stereocenters. The minimum Gasteiger partial charge on any atom is -0.467 e. The first-order valence-corrected chi connectivity index (χ1v) is 7.11. The molecule has 0 bridgehead atoms. The van der Waals surface area contributed by atoms with Crippen LogP contribution in [0.5, 0.6) is 0 Å². The Balaban J connectivity index is 2.29. The minimum atomic E-state index is -0.688. The first-order valence-electron chi connectivity index (χ1n) is 7.11. The molecule has 0 aromatic heterocycles. The third-order valence-electron chi connectivity index (χ3n) is 3.44. The van der Waals surface area contributed by atoms with Gasteiger partial charge >= 0.3 is 5.97 Å². The van der Waals surface area contributed by atoms with Crippen LogP contribution in [0.4, 0.5) is 0 Å². The first-order chi connectivity index (χ1) is 10.6. The second-order valence-corrected chi connectivity index (χ2v) is 5.01. The number of nitrogens with one attached hydrogen (secondary N) is 1. The highest BCUT2D eigenvalue weighted by molar-refractivity contribution is 5.90. The van der Waals surface area contributed by atoms with Gasteiger partial charge in [-0.15, -0.1) is 0 Å². The Morgan fingerprint density at radius 2 is 1.36 bits per heavy atom. The van der Waals surface area contributed by atoms with Crippen molar-refractivity contribution in [3.05, 3.63) is 71.8 Å². The fraction of sp³-hybridized carbons (Fsp3) is 0.222. The quantitative estimate of drug-likeness (QED) is 0.863. The van der Waals surface area contributed by atoms with Crippen molar-refractivity contribution in [3.63, 3.8) is 0 Å². The third kappa shape index (κ3) is 3.73. The van der Waals surface area contributed by atoms with E-state index < -0.39 is 17.9 Å². The minimum absolute atomic E-state index is 0.227. The van der Waals surface area contributed by atoms with Crippen LogP contribution in [0.1, 0.15) is 24.0 Å². The van der Waals surface area contributed by atoms with E-state index in [4.69, 9.17) is 0 Å². The molecule has 4 heteroatoms. The lowest BCUT2D eigenvalue weighted by atomic mass is 9.90. The lowest BCUT2D eigenvalue weighted by molar-refractivity contribution is -0.144. The number of esters is 1. The molecule has 114 valence electrons. The van der Waals surface area contributed by atoms with Crippen LogP contribution in [0.25, 0.3) is 0 Å². The molecular formula is C18H19NO3. The standard InChI is InChI=1S/C18H19NO3/c1-13(18(21)22-2)19-17(20)16(14-9-5-3-6-10-14)15-11-7-4-8-12-15/h3-13,16H,1-2H3,(H,19,20). The van der Waals surface area contributed by atoms with Crippen molar-refractivity contribution < 1.29 is 14.3 Å². The van der Waals surface area contributed by atoms with Crippen LogP contribution in [0.3, 0.4) is 0 Å². The zero-order valence-electron chi connectivity index (χ0n) is 12.7. The summed E-state index contributed by atoms with van der Waals surface area (Å²) in [5.41, 5.74) is 1.76. The van der Waals surface area contributed by atoms with Gasteiger partial charge in [-0.05, 0) is 18.1 Å². The van der Waals surface area contributed by atoms with Gasteiger partial charge in [-0.1, -0.05) is 60.7 Å². The molecule has 0 aliphatic heterocycles. The van der Waals surface area contributed by atoms with Crippen molar-refractivity contribution in [1.82, 2.24) is 5.32 Å². The number of carbonyl (C=O) groups excluding carboxylic acids is 2. The molecule has 0 fully saturated rings. The normalized spacial score (nSPS) is 11.8. The molecule has 0 aliphatic rings. The number of amides is 1. The van der Waals surface area contributed by atoms with Crippen LogP contribution in [-0.2, 0) is 14.3 Å². The molecule has 0 heterocycles. The highest BCUT2D eigenvalue weighted by atomic mass is 16.5. The summed E-state index contributed by atoms with van der Waals surface area (Å²) >= 11 is 0. The van der Waals surface area contributed by atoms with E-state index in [-0.39, 0.29) is 5.91 Å². The van der Waals surface area contributed by atoms with E-state index >= 15 is 0 Å². The van der Waals surface area contributed by atoms with Gasteiger partial charge in [-0.2, -0.15) is 0 Å². The summed E-state index contributed by atoms with van der Waals surface area (Å²) in [5.74, 6) is -1.15. The van der Waals surface area contributed by atoms with Gasteiger partial charge in [0.05, 0.1) is 13.0 Å². The van der Waals surface area contributed by atoms with Gasteiger partial charge in [0.2, 0.25) is 5.91 Å². The number of ether oxygens (including phenoxy) is 1. The number of carbonyl (C=O) groups is 2. The maximum Gasteiger partial charge on any atom is 0.328 e. The average Bonchev–Trinajstić information content (AvgIpc) is 2.56. The van der Waals surface area contributed by atoms with Crippen LogP contribution >= 0.6 is 0 Å². The van der Waals surface area contributed by atoms with Gasteiger partial charge in [0.1, 0.15) is 6.04 Å². The predicted octanol–water partition coefficient (Wildman–Crippen LogP) is 2.50. The lowest BCUT2D eigenvalue weighted by Gasteiger charge is -2.20. The van der Waals surface area contributed by atoms with Gasteiger partial charge in [0, 0.05) is 0 Å². The Kier molecular flexibility index (Phi) is 5.31. The highest BCUT2D eigenvalue weighted by Crippen LogP contribution is 2.24. The van der Waals surface area contributed by atoms with Crippen LogP contribution in [0.2, 0.25) is 0 Å². The molecule has 0 aliphatic carbocycles. The fourth-order valence-electron chi connectivity index (χ4n) is 2.32. The van der Waals surface area contributed by atoms with Gasteiger partial charge in [0.15, 0.2) is 0 Å². The lowest BCUT2D eigenvalue weighted by Crippen LogP contribution is -2.41. The molecule has 1 unspecified atom stereocenters. The van der Waals surface area contributed by atoms with Gasteiger partial charge in [0.25, 0.3) is 0 Å². The summed E-state index contributed by atoms with van der Waals surface area (Å²) in [6.07, 6.45) is 0. The van der Waals surface area contributed by atoms with Crippen molar-refractivity contribution in [2.75, 3.05) is 7.11 Å². The van der Waals surface area contributed by atoms with E-state index in [0.717, 1.165) is 11.1 Å². The topological polar surface area (TPSA) is 55.4 Å². The van der Waals surface area contributed by atoms with E-state index in [1.807, 2.05) is 60.7 Å². The summed E-state index contributed by atoms with van der Waals surface area (Å²) in [7, 11) is 1.30. The number of rotatable bonds is 5. The highest BCUT2D eigenvalue weighted by Gasteiger charge is 2.25. The summed E-state index contributed by atoms with van der Waals surface area (Å²) in [6, 6.07) is 18.3. The van der Waals surface area contributed by atoms with E-state index in [2.05, 4.69) is 10.1 Å². The number of methoxy groups -OCH3 is 1. The second-order valence-electron chi connectivity index (χ2n) is 5.01.